The third-order valence-corrected chi connectivity index (χ3v) is 3.35. The Morgan fingerprint density at radius 2 is 2.24 bits per heavy atom. The third kappa shape index (κ3) is 2.30. The van der Waals surface area contributed by atoms with Gasteiger partial charge in [0.1, 0.15) is 18.8 Å². The summed E-state index contributed by atoms with van der Waals surface area (Å²) in [7, 11) is 1.50. The van der Waals surface area contributed by atoms with Crippen molar-refractivity contribution in [2.45, 2.75) is 37.9 Å². The van der Waals surface area contributed by atoms with E-state index in [1.807, 2.05) is 6.92 Å². The quantitative estimate of drug-likeness (QED) is 0.688. The van der Waals surface area contributed by atoms with Crippen molar-refractivity contribution in [2.24, 2.45) is 5.92 Å². The molecule has 17 heavy (non-hydrogen) atoms. The fourth-order valence-electron chi connectivity index (χ4n) is 2.50. The number of carbonyl (C=O) groups excluding carboxylic acids is 1. The first-order chi connectivity index (χ1) is 8.21. The maximum Gasteiger partial charge on any atom is 0.332 e. The van der Waals surface area contributed by atoms with E-state index in [1.54, 1.807) is 0 Å². The summed E-state index contributed by atoms with van der Waals surface area (Å²) >= 11 is 0. The van der Waals surface area contributed by atoms with Crippen LogP contribution in [0, 0.1) is 5.92 Å². The highest BCUT2D eigenvalue weighted by Gasteiger charge is 2.50. The molecular weight excluding hydrogens is 228 g/mol. The minimum Gasteiger partial charge on any atom is -0.457 e. The molecule has 0 aromatic heterocycles. The van der Waals surface area contributed by atoms with Gasteiger partial charge in [-0.05, 0) is 6.42 Å². The molecule has 0 saturated carbocycles. The summed E-state index contributed by atoms with van der Waals surface area (Å²) in [5.74, 6) is -0.446. The largest absolute Gasteiger partial charge is 0.457 e. The molecule has 2 unspecified atom stereocenters. The standard InChI is InChI=1S/C11H18O6/c1-3-6-7(4-12)16-11(14-2)10-9(6)17-8(13)5-15-10/h6-7,9-12H,3-5H2,1-2H3/t6-,7?,9?,10+,11-/m1/s1. The van der Waals surface area contributed by atoms with Gasteiger partial charge in [0.15, 0.2) is 6.29 Å². The molecule has 2 fully saturated rings. The SMILES string of the molecule is CC[C@@H]1C(CO)O[C@@H](OC)[C@H]2OCC(=O)OC12. The Kier molecular flexibility index (Phi) is 3.98. The minimum atomic E-state index is -0.604. The van der Waals surface area contributed by atoms with Crippen molar-refractivity contribution in [1.82, 2.24) is 0 Å². The normalized spacial score (nSPS) is 41.8. The number of hydrogen-bond donors (Lipinski definition) is 1. The molecule has 6 heteroatoms. The Balaban J connectivity index is 2.19. The molecular formula is C11H18O6. The van der Waals surface area contributed by atoms with E-state index in [4.69, 9.17) is 18.9 Å². The highest BCUT2D eigenvalue weighted by Crippen LogP contribution is 2.34. The van der Waals surface area contributed by atoms with Crippen LogP contribution in [-0.2, 0) is 23.7 Å². The van der Waals surface area contributed by atoms with Gasteiger partial charge in [-0.25, -0.2) is 4.79 Å². The lowest BCUT2D eigenvalue weighted by atomic mass is 9.86. The molecule has 2 heterocycles. The molecule has 0 aromatic carbocycles. The monoisotopic (exact) mass is 246 g/mol. The Hall–Kier alpha value is -0.690. The summed E-state index contributed by atoms with van der Waals surface area (Å²) in [5.41, 5.74) is 0. The summed E-state index contributed by atoms with van der Waals surface area (Å²) < 4.78 is 21.5. The molecule has 2 aliphatic rings. The fourth-order valence-corrected chi connectivity index (χ4v) is 2.50. The van der Waals surface area contributed by atoms with Crippen molar-refractivity contribution >= 4 is 5.97 Å². The summed E-state index contributed by atoms with van der Waals surface area (Å²) in [6.07, 6.45) is -1.07. The molecule has 0 radical (unpaired) electrons. The van der Waals surface area contributed by atoms with Crippen molar-refractivity contribution in [3.63, 3.8) is 0 Å². The van der Waals surface area contributed by atoms with E-state index in [0.717, 1.165) is 6.42 Å². The second kappa shape index (κ2) is 5.30. The second-order valence-electron chi connectivity index (χ2n) is 4.26. The Labute approximate surface area is 99.8 Å². The van der Waals surface area contributed by atoms with E-state index in [0.29, 0.717) is 0 Å². The molecule has 0 aliphatic carbocycles. The molecule has 2 saturated heterocycles. The van der Waals surface area contributed by atoms with Crippen LogP contribution in [0.15, 0.2) is 0 Å². The van der Waals surface area contributed by atoms with Crippen LogP contribution >= 0.6 is 0 Å². The summed E-state index contributed by atoms with van der Waals surface area (Å²) in [6, 6.07) is 0. The molecule has 0 amide bonds. The molecule has 2 aliphatic heterocycles. The van der Waals surface area contributed by atoms with Gasteiger partial charge in [0.2, 0.25) is 0 Å². The van der Waals surface area contributed by atoms with Crippen molar-refractivity contribution < 1.29 is 28.8 Å². The van der Waals surface area contributed by atoms with Crippen LogP contribution in [0.5, 0.6) is 0 Å². The maximum absolute atomic E-state index is 11.3. The Morgan fingerprint density at radius 3 is 2.82 bits per heavy atom. The topological polar surface area (TPSA) is 74.2 Å². The lowest BCUT2D eigenvalue weighted by Crippen LogP contribution is -2.60. The zero-order valence-corrected chi connectivity index (χ0v) is 10.00. The highest BCUT2D eigenvalue weighted by molar-refractivity contribution is 5.71. The van der Waals surface area contributed by atoms with Crippen LogP contribution in [0.25, 0.3) is 0 Å². The van der Waals surface area contributed by atoms with Crippen molar-refractivity contribution in [3.05, 3.63) is 0 Å². The van der Waals surface area contributed by atoms with Gasteiger partial charge in [0, 0.05) is 13.0 Å². The molecule has 0 bridgehead atoms. The first-order valence-electron chi connectivity index (χ1n) is 5.81. The van der Waals surface area contributed by atoms with Gasteiger partial charge in [0.05, 0.1) is 12.7 Å². The van der Waals surface area contributed by atoms with E-state index in [9.17, 15) is 9.90 Å². The van der Waals surface area contributed by atoms with Crippen molar-refractivity contribution in [3.8, 4) is 0 Å². The molecule has 5 atom stereocenters. The lowest BCUT2D eigenvalue weighted by molar-refractivity contribution is -0.308. The molecule has 1 N–H and O–H groups in total. The minimum absolute atomic E-state index is 0.0688. The first kappa shape index (κ1) is 12.8. The predicted octanol–water partition coefficient (Wildman–Crippen LogP) is -0.313. The Morgan fingerprint density at radius 1 is 1.47 bits per heavy atom. The van der Waals surface area contributed by atoms with Crippen LogP contribution in [0.4, 0.5) is 0 Å². The van der Waals surface area contributed by atoms with Gasteiger partial charge in [-0.15, -0.1) is 0 Å². The molecule has 0 spiro atoms. The van der Waals surface area contributed by atoms with Gasteiger partial charge >= 0.3 is 5.97 Å². The van der Waals surface area contributed by atoms with E-state index < -0.39 is 18.5 Å². The highest BCUT2D eigenvalue weighted by atomic mass is 16.7. The second-order valence-corrected chi connectivity index (χ2v) is 4.26. The number of esters is 1. The summed E-state index contributed by atoms with van der Waals surface area (Å²) in [4.78, 5) is 11.3. The van der Waals surface area contributed by atoms with E-state index in [-0.39, 0.29) is 31.2 Å². The lowest BCUT2D eigenvalue weighted by Gasteiger charge is -2.46. The average molecular weight is 246 g/mol. The zero-order chi connectivity index (χ0) is 12.4. The number of ether oxygens (including phenoxy) is 4. The zero-order valence-electron chi connectivity index (χ0n) is 10.00. The number of aliphatic hydroxyl groups excluding tert-OH is 1. The number of aliphatic hydroxyl groups is 1. The van der Waals surface area contributed by atoms with Crippen LogP contribution in [0.1, 0.15) is 13.3 Å². The maximum atomic E-state index is 11.3. The average Bonchev–Trinajstić information content (AvgIpc) is 2.36. The van der Waals surface area contributed by atoms with Gasteiger partial charge in [0.25, 0.3) is 0 Å². The van der Waals surface area contributed by atoms with Gasteiger partial charge in [-0.2, -0.15) is 0 Å². The van der Waals surface area contributed by atoms with E-state index in [1.165, 1.54) is 7.11 Å². The van der Waals surface area contributed by atoms with Crippen molar-refractivity contribution in [2.75, 3.05) is 20.3 Å². The number of carbonyl (C=O) groups is 1. The molecule has 98 valence electrons. The summed E-state index contributed by atoms with van der Waals surface area (Å²) in [6.45, 7) is 1.76. The summed E-state index contributed by atoms with van der Waals surface area (Å²) in [5, 5.41) is 9.30. The molecule has 0 aromatic rings. The van der Waals surface area contributed by atoms with Gasteiger partial charge < -0.3 is 24.1 Å². The number of methoxy groups -OCH3 is 1. The smallest absolute Gasteiger partial charge is 0.332 e. The number of hydrogen-bond acceptors (Lipinski definition) is 6. The van der Waals surface area contributed by atoms with Crippen LogP contribution in [0.3, 0.4) is 0 Å². The van der Waals surface area contributed by atoms with Gasteiger partial charge in [-0.1, -0.05) is 6.92 Å². The predicted molar refractivity (Wildman–Crippen MR) is 56.2 cm³/mol. The first-order valence-corrected chi connectivity index (χ1v) is 5.81. The van der Waals surface area contributed by atoms with E-state index in [2.05, 4.69) is 0 Å². The number of rotatable bonds is 3. The van der Waals surface area contributed by atoms with Gasteiger partial charge in [-0.3, -0.25) is 0 Å². The molecule has 6 nitrogen and oxygen atoms in total. The fraction of sp³-hybridized carbons (Fsp3) is 0.909. The van der Waals surface area contributed by atoms with Crippen LogP contribution < -0.4 is 0 Å². The van der Waals surface area contributed by atoms with Crippen molar-refractivity contribution in [1.29, 1.82) is 0 Å². The third-order valence-electron chi connectivity index (χ3n) is 3.35. The van der Waals surface area contributed by atoms with Crippen LogP contribution in [0.2, 0.25) is 0 Å². The molecule has 2 rings (SSSR count). The Bertz CT molecular complexity index is 269. The number of fused-ring (bicyclic) bond motifs is 1. The van der Waals surface area contributed by atoms with Crippen LogP contribution in [-0.4, -0.2) is 56.0 Å². The van der Waals surface area contributed by atoms with E-state index >= 15 is 0 Å².